The number of hydrogen-bond acceptors (Lipinski definition) is 5. The number of hydrogen-bond donors (Lipinski definition) is 1. The van der Waals surface area contributed by atoms with E-state index in [2.05, 4.69) is 10.4 Å². The average Bonchev–Trinajstić information content (AvgIpc) is 2.64. The number of aromatic nitrogens is 2. The number of amides is 1. The maximum absolute atomic E-state index is 12.3. The number of para-hydroxylation sites is 3. The number of carbonyl (C=O) groups excluding carboxylic acids is 1. The molecule has 0 bridgehead atoms. The molecule has 0 saturated heterocycles. The fraction of sp³-hybridized carbons (Fsp3) is 0.167. The lowest BCUT2D eigenvalue weighted by molar-refractivity contribution is -0.119. The third-order valence-electron chi connectivity index (χ3n) is 3.42. The van der Waals surface area contributed by atoms with Crippen LogP contribution in [0.25, 0.3) is 10.9 Å². The third-order valence-corrected chi connectivity index (χ3v) is 3.42. The van der Waals surface area contributed by atoms with E-state index in [0.717, 1.165) is 4.68 Å². The molecule has 0 spiro atoms. The maximum Gasteiger partial charge on any atom is 0.280 e. The van der Waals surface area contributed by atoms with Gasteiger partial charge in [0.2, 0.25) is 0 Å². The van der Waals surface area contributed by atoms with Crippen LogP contribution in [0, 0.1) is 0 Å². The molecule has 3 rings (SSSR count). The van der Waals surface area contributed by atoms with E-state index in [9.17, 15) is 9.59 Å². The minimum atomic E-state index is -0.481. The molecule has 1 heterocycles. The number of nitrogens with one attached hydrogen (secondary N) is 1. The molecule has 25 heavy (non-hydrogen) atoms. The molecule has 7 heteroatoms. The Bertz CT molecular complexity index is 952. The summed E-state index contributed by atoms with van der Waals surface area (Å²) in [7, 11) is 0. The van der Waals surface area contributed by atoms with Crippen molar-refractivity contribution in [2.45, 2.75) is 6.92 Å². The Balaban J connectivity index is 1.69. The van der Waals surface area contributed by atoms with E-state index in [4.69, 9.17) is 9.47 Å². The second-order valence-corrected chi connectivity index (χ2v) is 5.14. The highest BCUT2D eigenvalue weighted by atomic mass is 16.5. The molecule has 0 aliphatic heterocycles. The van der Waals surface area contributed by atoms with Crippen molar-refractivity contribution in [3.8, 4) is 11.5 Å². The number of rotatable bonds is 6. The van der Waals surface area contributed by atoms with Crippen LogP contribution in [0.15, 0.2) is 59.7 Å². The lowest BCUT2D eigenvalue weighted by atomic mass is 10.2. The Kier molecular flexibility index (Phi) is 4.94. The molecule has 0 atom stereocenters. The highest BCUT2D eigenvalue weighted by molar-refractivity contribution is 5.85. The molecule has 0 fully saturated rings. The molecule has 7 nitrogen and oxygen atoms in total. The van der Waals surface area contributed by atoms with E-state index >= 15 is 0 Å². The summed E-state index contributed by atoms with van der Waals surface area (Å²) in [6.45, 7) is 2.09. The van der Waals surface area contributed by atoms with Crippen molar-refractivity contribution in [1.29, 1.82) is 0 Å². The first kappa shape index (κ1) is 16.5. The van der Waals surface area contributed by atoms with Crippen molar-refractivity contribution in [2.75, 3.05) is 18.6 Å². The first-order valence-corrected chi connectivity index (χ1v) is 7.80. The van der Waals surface area contributed by atoms with E-state index in [0.29, 0.717) is 29.0 Å². The Morgan fingerprint density at radius 2 is 1.76 bits per heavy atom. The van der Waals surface area contributed by atoms with Gasteiger partial charge in [0.1, 0.15) is 6.33 Å². The number of fused-ring (bicyclic) bond motifs is 1. The molecular weight excluding hydrogens is 322 g/mol. The van der Waals surface area contributed by atoms with E-state index in [1.165, 1.54) is 6.33 Å². The highest BCUT2D eigenvalue weighted by Crippen LogP contribution is 2.26. The first-order valence-electron chi connectivity index (χ1n) is 7.80. The van der Waals surface area contributed by atoms with E-state index in [-0.39, 0.29) is 12.2 Å². The maximum atomic E-state index is 12.3. The predicted octanol–water partition coefficient (Wildman–Crippen LogP) is 1.94. The molecule has 0 aliphatic rings. The summed E-state index contributed by atoms with van der Waals surface area (Å²) in [5.41, 5.74) is 2.68. The van der Waals surface area contributed by atoms with Gasteiger partial charge in [-0.1, -0.05) is 24.3 Å². The van der Waals surface area contributed by atoms with Crippen molar-refractivity contribution in [3.63, 3.8) is 0 Å². The minimum Gasteiger partial charge on any atom is -0.490 e. The predicted molar refractivity (Wildman–Crippen MR) is 93.5 cm³/mol. The zero-order chi connectivity index (χ0) is 17.6. The first-order chi connectivity index (χ1) is 12.2. The van der Waals surface area contributed by atoms with Gasteiger partial charge in [-0.05, 0) is 31.2 Å². The Morgan fingerprint density at radius 1 is 1.08 bits per heavy atom. The van der Waals surface area contributed by atoms with Gasteiger partial charge in [-0.3, -0.25) is 15.0 Å². The summed E-state index contributed by atoms with van der Waals surface area (Å²) in [4.78, 5) is 28.5. The van der Waals surface area contributed by atoms with E-state index in [1.807, 2.05) is 13.0 Å². The highest BCUT2D eigenvalue weighted by Gasteiger charge is 2.09. The summed E-state index contributed by atoms with van der Waals surface area (Å²) in [5.74, 6) is 0.538. The summed E-state index contributed by atoms with van der Waals surface area (Å²) in [6, 6.07) is 14.0. The molecule has 128 valence electrons. The van der Waals surface area contributed by atoms with Crippen LogP contribution < -0.4 is 20.5 Å². The van der Waals surface area contributed by atoms with Gasteiger partial charge in [-0.25, -0.2) is 9.66 Å². The van der Waals surface area contributed by atoms with Gasteiger partial charge in [0.15, 0.2) is 18.1 Å². The zero-order valence-corrected chi connectivity index (χ0v) is 13.6. The van der Waals surface area contributed by atoms with Crippen molar-refractivity contribution < 1.29 is 14.3 Å². The largest absolute Gasteiger partial charge is 0.490 e. The fourth-order valence-corrected chi connectivity index (χ4v) is 2.30. The fourth-order valence-electron chi connectivity index (χ4n) is 2.30. The van der Waals surface area contributed by atoms with Crippen molar-refractivity contribution in [3.05, 3.63) is 65.2 Å². The number of nitrogens with zero attached hydrogens (tertiary/aromatic N) is 2. The molecule has 0 unspecified atom stereocenters. The molecular formula is C18H17N3O4. The van der Waals surface area contributed by atoms with Crippen LogP contribution in [0.1, 0.15) is 6.92 Å². The summed E-state index contributed by atoms with van der Waals surface area (Å²) in [5, 5.41) is 0.424. The van der Waals surface area contributed by atoms with Crippen LogP contribution >= 0.6 is 0 Å². The van der Waals surface area contributed by atoms with Gasteiger partial charge in [0.05, 0.1) is 17.5 Å². The third kappa shape index (κ3) is 3.77. The summed E-state index contributed by atoms with van der Waals surface area (Å²) < 4.78 is 12.0. The molecule has 3 aromatic rings. The van der Waals surface area contributed by atoms with Gasteiger partial charge in [0, 0.05) is 0 Å². The summed E-state index contributed by atoms with van der Waals surface area (Å²) in [6.07, 6.45) is 1.27. The SMILES string of the molecule is CCOc1ccccc1OCC(=O)Nn1cnc2ccccc2c1=O. The minimum absolute atomic E-state index is 0.261. The van der Waals surface area contributed by atoms with Crippen LogP contribution in [0.5, 0.6) is 11.5 Å². The molecule has 2 aromatic carbocycles. The van der Waals surface area contributed by atoms with E-state index < -0.39 is 5.91 Å². The topological polar surface area (TPSA) is 82.4 Å². The monoisotopic (exact) mass is 339 g/mol. The van der Waals surface area contributed by atoms with Gasteiger partial charge in [-0.2, -0.15) is 0 Å². The number of benzene rings is 2. The average molecular weight is 339 g/mol. The molecule has 1 amide bonds. The van der Waals surface area contributed by atoms with Crippen LogP contribution in [0.3, 0.4) is 0 Å². The van der Waals surface area contributed by atoms with Crippen LogP contribution in [0.2, 0.25) is 0 Å². The van der Waals surface area contributed by atoms with Crippen molar-refractivity contribution >= 4 is 16.8 Å². The quantitative estimate of drug-likeness (QED) is 0.742. The number of ether oxygens (including phenoxy) is 2. The molecule has 1 aromatic heterocycles. The van der Waals surface area contributed by atoms with Gasteiger partial charge in [0.25, 0.3) is 11.5 Å². The summed E-state index contributed by atoms with van der Waals surface area (Å²) >= 11 is 0. The van der Waals surface area contributed by atoms with Crippen LogP contribution in [-0.2, 0) is 4.79 Å². The van der Waals surface area contributed by atoms with E-state index in [1.54, 1.807) is 42.5 Å². The van der Waals surface area contributed by atoms with Crippen molar-refractivity contribution in [1.82, 2.24) is 9.66 Å². The smallest absolute Gasteiger partial charge is 0.280 e. The Hall–Kier alpha value is -3.35. The second-order valence-electron chi connectivity index (χ2n) is 5.14. The second kappa shape index (κ2) is 7.48. The zero-order valence-electron chi connectivity index (χ0n) is 13.6. The van der Waals surface area contributed by atoms with Gasteiger partial charge < -0.3 is 9.47 Å². The van der Waals surface area contributed by atoms with Crippen LogP contribution in [-0.4, -0.2) is 28.8 Å². The molecule has 0 saturated carbocycles. The van der Waals surface area contributed by atoms with Crippen molar-refractivity contribution in [2.24, 2.45) is 0 Å². The normalized spacial score (nSPS) is 10.4. The number of carbonyl (C=O) groups is 1. The lowest BCUT2D eigenvalue weighted by Crippen LogP contribution is -2.35. The standard InChI is InChI=1S/C18H17N3O4/c1-2-24-15-9-5-6-10-16(15)25-11-17(22)20-21-12-19-14-8-4-3-7-13(14)18(21)23/h3-10,12H,2,11H2,1H3,(H,20,22). The molecule has 0 aliphatic carbocycles. The van der Waals surface area contributed by atoms with Crippen LogP contribution in [0.4, 0.5) is 0 Å². The Labute approximate surface area is 143 Å². The molecule has 0 radical (unpaired) electrons. The lowest BCUT2D eigenvalue weighted by Gasteiger charge is -2.12. The van der Waals surface area contributed by atoms with Gasteiger partial charge >= 0.3 is 0 Å². The molecule has 1 N–H and O–H groups in total. The van der Waals surface area contributed by atoms with Gasteiger partial charge in [-0.15, -0.1) is 0 Å². The Morgan fingerprint density at radius 3 is 2.52 bits per heavy atom.